The maximum atomic E-state index is 9.61. The Morgan fingerprint density at radius 1 is 1.15 bits per heavy atom. The molecule has 0 saturated carbocycles. The lowest BCUT2D eigenvalue weighted by molar-refractivity contribution is 0.450. The van der Waals surface area contributed by atoms with Gasteiger partial charge in [-0.15, -0.1) is 0 Å². The number of phenols is 2. The predicted octanol–water partition coefficient (Wildman–Crippen LogP) is 3.15. The van der Waals surface area contributed by atoms with Gasteiger partial charge < -0.3 is 10.2 Å². The first-order valence-corrected chi connectivity index (χ1v) is 6.71. The molecule has 6 heteroatoms. The van der Waals surface area contributed by atoms with Crippen molar-refractivity contribution in [2.45, 2.75) is 0 Å². The predicted molar refractivity (Wildman–Crippen MR) is 80.6 cm³/mol. The van der Waals surface area contributed by atoms with Gasteiger partial charge in [-0.3, -0.25) is 5.43 Å². The summed E-state index contributed by atoms with van der Waals surface area (Å²) < 4.78 is 1.08. The van der Waals surface area contributed by atoms with Gasteiger partial charge in [-0.25, -0.2) is 4.98 Å². The molecule has 100 valence electrons. The van der Waals surface area contributed by atoms with E-state index in [4.69, 9.17) is 0 Å². The minimum absolute atomic E-state index is 0.0128. The molecule has 0 amide bonds. The van der Waals surface area contributed by atoms with E-state index in [0.717, 1.165) is 10.2 Å². The van der Waals surface area contributed by atoms with Gasteiger partial charge in [-0.2, -0.15) is 5.10 Å². The van der Waals surface area contributed by atoms with Crippen molar-refractivity contribution in [1.29, 1.82) is 0 Å². The lowest BCUT2D eigenvalue weighted by atomic mass is 10.2. The maximum absolute atomic E-state index is 9.61. The van der Waals surface area contributed by atoms with E-state index in [1.54, 1.807) is 6.07 Å². The van der Waals surface area contributed by atoms with Crippen molar-refractivity contribution >= 4 is 32.9 Å². The van der Waals surface area contributed by atoms with Crippen LogP contribution in [0.25, 0.3) is 10.2 Å². The number of phenolic OH excluding ortho intramolecular Hbond substituents is 2. The molecule has 0 saturated heterocycles. The molecule has 3 aromatic rings. The fourth-order valence-electron chi connectivity index (χ4n) is 1.72. The van der Waals surface area contributed by atoms with Crippen LogP contribution in [0.3, 0.4) is 0 Å². The van der Waals surface area contributed by atoms with Gasteiger partial charge >= 0.3 is 0 Å². The summed E-state index contributed by atoms with van der Waals surface area (Å²) >= 11 is 1.50. The summed E-state index contributed by atoms with van der Waals surface area (Å²) in [5.41, 5.74) is 4.26. The Morgan fingerprint density at radius 2 is 2.00 bits per heavy atom. The monoisotopic (exact) mass is 285 g/mol. The molecule has 1 aromatic heterocycles. The number of para-hydroxylation sites is 1. The van der Waals surface area contributed by atoms with Crippen LogP contribution in [-0.4, -0.2) is 21.4 Å². The van der Waals surface area contributed by atoms with Crippen LogP contribution < -0.4 is 5.43 Å². The zero-order valence-corrected chi connectivity index (χ0v) is 11.1. The summed E-state index contributed by atoms with van der Waals surface area (Å²) in [6.07, 6.45) is 1.47. The number of hydrogen-bond donors (Lipinski definition) is 3. The molecular formula is C14H11N3O2S. The van der Waals surface area contributed by atoms with Crippen LogP contribution in [0.1, 0.15) is 5.56 Å². The van der Waals surface area contributed by atoms with Gasteiger partial charge in [0, 0.05) is 11.6 Å². The number of anilines is 1. The van der Waals surface area contributed by atoms with E-state index in [0.29, 0.717) is 10.7 Å². The molecule has 0 atom stereocenters. The van der Waals surface area contributed by atoms with Crippen LogP contribution in [-0.2, 0) is 0 Å². The molecule has 0 bridgehead atoms. The zero-order valence-electron chi connectivity index (χ0n) is 10.3. The third-order valence-electron chi connectivity index (χ3n) is 2.67. The zero-order chi connectivity index (χ0) is 13.9. The first-order chi connectivity index (χ1) is 9.72. The molecule has 3 N–H and O–H groups in total. The number of nitrogens with one attached hydrogen (secondary N) is 1. The SMILES string of the molecule is Oc1ccc(/C=N\Nc2nc3ccccc3s2)c(O)c1. The van der Waals surface area contributed by atoms with E-state index in [1.165, 1.54) is 29.7 Å². The Morgan fingerprint density at radius 3 is 2.80 bits per heavy atom. The highest BCUT2D eigenvalue weighted by atomic mass is 32.1. The quantitative estimate of drug-likeness (QED) is 0.510. The Hall–Kier alpha value is -2.60. The number of fused-ring (bicyclic) bond motifs is 1. The third-order valence-corrected chi connectivity index (χ3v) is 3.61. The third kappa shape index (κ3) is 2.55. The van der Waals surface area contributed by atoms with E-state index >= 15 is 0 Å². The molecule has 2 aromatic carbocycles. The number of aromatic hydroxyl groups is 2. The van der Waals surface area contributed by atoms with Crippen molar-refractivity contribution in [1.82, 2.24) is 4.98 Å². The number of aromatic nitrogens is 1. The van der Waals surface area contributed by atoms with Gasteiger partial charge in [0.25, 0.3) is 0 Å². The number of rotatable bonds is 3. The lowest BCUT2D eigenvalue weighted by Gasteiger charge is -1.99. The standard InChI is InChI=1S/C14H11N3O2S/c18-10-6-5-9(12(19)7-10)8-15-17-14-16-11-3-1-2-4-13(11)20-14/h1-8,18-19H,(H,16,17)/b15-8-. The molecule has 0 aliphatic carbocycles. The van der Waals surface area contributed by atoms with Crippen LogP contribution in [0, 0.1) is 0 Å². The molecule has 0 aliphatic heterocycles. The van der Waals surface area contributed by atoms with E-state index in [2.05, 4.69) is 15.5 Å². The highest BCUT2D eigenvalue weighted by Gasteiger charge is 2.02. The van der Waals surface area contributed by atoms with E-state index in [1.807, 2.05) is 24.3 Å². The smallest absolute Gasteiger partial charge is 0.204 e. The highest BCUT2D eigenvalue weighted by Crippen LogP contribution is 2.25. The Kier molecular flexibility index (Phi) is 3.22. The number of hydrazone groups is 1. The van der Waals surface area contributed by atoms with Crippen molar-refractivity contribution in [3.8, 4) is 11.5 Å². The largest absolute Gasteiger partial charge is 0.508 e. The van der Waals surface area contributed by atoms with E-state index in [-0.39, 0.29) is 11.5 Å². The second kappa shape index (κ2) is 5.18. The van der Waals surface area contributed by atoms with E-state index < -0.39 is 0 Å². The number of hydrogen-bond acceptors (Lipinski definition) is 6. The van der Waals surface area contributed by atoms with Gasteiger partial charge in [0.05, 0.1) is 16.4 Å². The summed E-state index contributed by atoms with van der Waals surface area (Å²) in [7, 11) is 0. The van der Waals surface area contributed by atoms with Gasteiger partial charge in [-0.1, -0.05) is 23.5 Å². The van der Waals surface area contributed by atoms with Gasteiger partial charge in [0.1, 0.15) is 11.5 Å². The molecule has 0 unspecified atom stereocenters. The molecule has 5 nitrogen and oxygen atoms in total. The molecular weight excluding hydrogens is 274 g/mol. The van der Waals surface area contributed by atoms with Crippen LogP contribution in [0.15, 0.2) is 47.6 Å². The Bertz CT molecular complexity index is 750. The maximum Gasteiger partial charge on any atom is 0.204 e. The molecule has 0 radical (unpaired) electrons. The Balaban J connectivity index is 1.76. The average Bonchev–Trinajstić information content (AvgIpc) is 2.84. The minimum atomic E-state index is -0.0279. The molecule has 1 heterocycles. The Labute approximate surface area is 118 Å². The first-order valence-electron chi connectivity index (χ1n) is 5.89. The summed E-state index contributed by atoms with van der Waals surface area (Å²) in [5, 5.41) is 23.5. The van der Waals surface area contributed by atoms with Gasteiger partial charge in [0.15, 0.2) is 0 Å². The van der Waals surface area contributed by atoms with Gasteiger partial charge in [-0.05, 0) is 24.3 Å². The van der Waals surface area contributed by atoms with Crippen molar-refractivity contribution in [2.24, 2.45) is 5.10 Å². The lowest BCUT2D eigenvalue weighted by Crippen LogP contribution is -1.90. The first kappa shape index (κ1) is 12.4. The van der Waals surface area contributed by atoms with E-state index in [9.17, 15) is 10.2 Å². The fourth-order valence-corrected chi connectivity index (χ4v) is 2.53. The fraction of sp³-hybridized carbons (Fsp3) is 0. The summed E-state index contributed by atoms with van der Waals surface area (Å²) in [5.74, 6) is -0.0152. The van der Waals surface area contributed by atoms with Crippen LogP contribution in [0.4, 0.5) is 5.13 Å². The summed E-state index contributed by atoms with van der Waals surface area (Å²) in [4.78, 5) is 4.37. The second-order valence-electron chi connectivity index (χ2n) is 4.10. The number of benzene rings is 2. The second-order valence-corrected chi connectivity index (χ2v) is 5.13. The average molecular weight is 285 g/mol. The van der Waals surface area contributed by atoms with Crippen LogP contribution >= 0.6 is 11.3 Å². The van der Waals surface area contributed by atoms with Crippen LogP contribution in [0.5, 0.6) is 11.5 Å². The summed E-state index contributed by atoms with van der Waals surface area (Å²) in [6, 6.07) is 12.2. The molecule has 0 aliphatic rings. The molecule has 0 fully saturated rings. The van der Waals surface area contributed by atoms with Crippen molar-refractivity contribution in [3.05, 3.63) is 48.0 Å². The van der Waals surface area contributed by atoms with Crippen molar-refractivity contribution < 1.29 is 10.2 Å². The topological polar surface area (TPSA) is 77.7 Å². The summed E-state index contributed by atoms with van der Waals surface area (Å²) in [6.45, 7) is 0. The highest BCUT2D eigenvalue weighted by molar-refractivity contribution is 7.22. The van der Waals surface area contributed by atoms with Gasteiger partial charge in [0.2, 0.25) is 5.13 Å². The van der Waals surface area contributed by atoms with Crippen molar-refractivity contribution in [2.75, 3.05) is 5.43 Å². The number of nitrogens with zero attached hydrogens (tertiary/aromatic N) is 2. The molecule has 0 spiro atoms. The molecule has 20 heavy (non-hydrogen) atoms. The van der Waals surface area contributed by atoms with Crippen molar-refractivity contribution in [3.63, 3.8) is 0 Å². The number of thiazole rings is 1. The molecule has 3 rings (SSSR count). The minimum Gasteiger partial charge on any atom is -0.508 e. The normalized spacial score (nSPS) is 11.2. The van der Waals surface area contributed by atoms with Crippen LogP contribution in [0.2, 0.25) is 0 Å².